The molecule has 1 aromatic carbocycles. The van der Waals surface area contributed by atoms with Gasteiger partial charge in [-0.05, 0) is 11.8 Å². The minimum absolute atomic E-state index is 0.00267. The van der Waals surface area contributed by atoms with E-state index in [4.69, 9.17) is 23.2 Å². The molecule has 4 heteroatoms. The van der Waals surface area contributed by atoms with Gasteiger partial charge in [-0.3, -0.25) is 0 Å². The zero-order chi connectivity index (χ0) is 12.6. The average molecular weight is 263 g/mol. The second-order valence-electron chi connectivity index (χ2n) is 4.46. The molecule has 90 valence electrons. The van der Waals surface area contributed by atoms with E-state index in [1.165, 1.54) is 0 Å². The van der Waals surface area contributed by atoms with Crippen molar-refractivity contribution in [3.63, 3.8) is 0 Å². The first kappa shape index (κ1) is 13.5. The Kier molecular flexibility index (Phi) is 3.97. The van der Waals surface area contributed by atoms with Crippen molar-refractivity contribution in [1.82, 2.24) is 0 Å². The summed E-state index contributed by atoms with van der Waals surface area (Å²) in [7, 11) is 0. The normalized spacial score (nSPS) is 11.5. The van der Waals surface area contributed by atoms with E-state index in [9.17, 15) is 10.2 Å². The van der Waals surface area contributed by atoms with Crippen molar-refractivity contribution in [3.8, 4) is 11.5 Å². The first-order chi connectivity index (χ1) is 7.29. The van der Waals surface area contributed by atoms with Gasteiger partial charge in [0.1, 0.15) is 0 Å². The maximum atomic E-state index is 9.91. The third-order valence-electron chi connectivity index (χ3n) is 2.55. The molecule has 0 amide bonds. The number of benzene rings is 1. The smallest absolute Gasteiger partial charge is 0.162 e. The van der Waals surface area contributed by atoms with Gasteiger partial charge in [0.2, 0.25) is 0 Å². The molecule has 0 atom stereocenters. The summed E-state index contributed by atoms with van der Waals surface area (Å²) in [6.45, 7) is 7.52. The molecule has 0 aliphatic heterocycles. The lowest BCUT2D eigenvalue weighted by atomic mass is 9.94. The predicted octanol–water partition coefficient (Wildman–Crippen LogP) is 4.65. The molecule has 2 N–H and O–H groups in total. The Morgan fingerprint density at radius 3 is 1.19 bits per heavy atom. The van der Waals surface area contributed by atoms with Crippen LogP contribution < -0.4 is 0 Å². The molecule has 0 saturated heterocycles. The van der Waals surface area contributed by atoms with Crippen molar-refractivity contribution in [3.05, 3.63) is 21.2 Å². The summed E-state index contributed by atoms with van der Waals surface area (Å²) < 4.78 is 0. The van der Waals surface area contributed by atoms with Crippen LogP contribution in [0.2, 0.25) is 10.0 Å². The first-order valence-corrected chi connectivity index (χ1v) is 5.97. The molecule has 0 aliphatic carbocycles. The van der Waals surface area contributed by atoms with E-state index >= 15 is 0 Å². The molecule has 0 spiro atoms. The molecule has 0 radical (unpaired) electrons. The second kappa shape index (κ2) is 4.72. The van der Waals surface area contributed by atoms with E-state index in [-0.39, 0.29) is 23.3 Å². The van der Waals surface area contributed by atoms with E-state index in [2.05, 4.69) is 0 Å². The molecule has 2 nitrogen and oxygen atoms in total. The first-order valence-electron chi connectivity index (χ1n) is 5.21. The topological polar surface area (TPSA) is 40.5 Å². The molecular weight excluding hydrogens is 247 g/mol. The van der Waals surface area contributed by atoms with Crippen LogP contribution in [-0.4, -0.2) is 10.2 Å². The summed E-state index contributed by atoms with van der Waals surface area (Å²) in [6, 6.07) is 0. The summed E-state index contributed by atoms with van der Waals surface area (Å²) in [5.41, 5.74) is 0.988. The van der Waals surface area contributed by atoms with Crippen molar-refractivity contribution in [1.29, 1.82) is 0 Å². The van der Waals surface area contributed by atoms with Crippen LogP contribution in [0.4, 0.5) is 0 Å². The van der Waals surface area contributed by atoms with Crippen molar-refractivity contribution in [2.75, 3.05) is 0 Å². The van der Waals surface area contributed by atoms with Crippen LogP contribution in [0.25, 0.3) is 0 Å². The van der Waals surface area contributed by atoms with E-state index in [0.717, 1.165) is 0 Å². The lowest BCUT2D eigenvalue weighted by molar-refractivity contribution is 0.391. The van der Waals surface area contributed by atoms with Crippen LogP contribution in [0.1, 0.15) is 50.7 Å². The fraction of sp³-hybridized carbons (Fsp3) is 0.500. The molecule has 0 fully saturated rings. The number of hydrogen-bond acceptors (Lipinski definition) is 2. The maximum Gasteiger partial charge on any atom is 0.162 e. The van der Waals surface area contributed by atoms with Gasteiger partial charge < -0.3 is 10.2 Å². The van der Waals surface area contributed by atoms with Crippen molar-refractivity contribution in [2.24, 2.45) is 0 Å². The van der Waals surface area contributed by atoms with Gasteiger partial charge in [0.15, 0.2) is 11.5 Å². The number of phenols is 2. The zero-order valence-electron chi connectivity index (χ0n) is 9.81. The van der Waals surface area contributed by atoms with Gasteiger partial charge in [0.25, 0.3) is 0 Å². The highest BCUT2D eigenvalue weighted by atomic mass is 35.5. The van der Waals surface area contributed by atoms with Gasteiger partial charge in [-0.25, -0.2) is 0 Å². The van der Waals surface area contributed by atoms with E-state index in [1.807, 2.05) is 27.7 Å². The van der Waals surface area contributed by atoms with Gasteiger partial charge in [0.05, 0.1) is 10.0 Å². The minimum atomic E-state index is -0.159. The minimum Gasteiger partial charge on any atom is -0.504 e. The highest BCUT2D eigenvalue weighted by Gasteiger charge is 2.24. The highest BCUT2D eigenvalue weighted by Crippen LogP contribution is 2.48. The Balaban J connectivity index is 3.63. The summed E-state index contributed by atoms with van der Waals surface area (Å²) in [5.74, 6) is -0.324. The van der Waals surface area contributed by atoms with Crippen LogP contribution in [-0.2, 0) is 0 Å². The Bertz CT molecular complexity index is 344. The van der Waals surface area contributed by atoms with Gasteiger partial charge in [-0.15, -0.1) is 0 Å². The number of aromatic hydroxyl groups is 2. The van der Waals surface area contributed by atoms with Gasteiger partial charge >= 0.3 is 0 Å². The SMILES string of the molecule is CC(C)c1c(O)c(O)c(C(C)C)c(Cl)c1Cl. The van der Waals surface area contributed by atoms with E-state index < -0.39 is 0 Å². The van der Waals surface area contributed by atoms with E-state index in [1.54, 1.807) is 0 Å². The molecule has 0 unspecified atom stereocenters. The monoisotopic (exact) mass is 262 g/mol. The number of phenolic OH excluding ortho intramolecular Hbond substituents is 2. The van der Waals surface area contributed by atoms with Crippen LogP contribution >= 0.6 is 23.2 Å². The third kappa shape index (κ3) is 2.09. The molecule has 1 rings (SSSR count). The van der Waals surface area contributed by atoms with Crippen molar-refractivity contribution < 1.29 is 10.2 Å². The molecule has 0 bridgehead atoms. The largest absolute Gasteiger partial charge is 0.504 e. The molecule has 0 heterocycles. The van der Waals surface area contributed by atoms with Crippen LogP contribution in [0.3, 0.4) is 0 Å². The lowest BCUT2D eigenvalue weighted by Crippen LogP contribution is -1.98. The molecule has 16 heavy (non-hydrogen) atoms. The quantitative estimate of drug-likeness (QED) is 0.762. The van der Waals surface area contributed by atoms with E-state index in [0.29, 0.717) is 21.2 Å². The molecular formula is C12H16Cl2O2. The predicted molar refractivity (Wildman–Crippen MR) is 68.0 cm³/mol. The summed E-state index contributed by atoms with van der Waals surface area (Å²) >= 11 is 12.2. The second-order valence-corrected chi connectivity index (χ2v) is 5.22. The lowest BCUT2D eigenvalue weighted by Gasteiger charge is -2.19. The molecule has 1 aromatic rings. The molecule has 0 aromatic heterocycles. The van der Waals surface area contributed by atoms with Gasteiger partial charge in [-0.2, -0.15) is 0 Å². The summed E-state index contributed by atoms with van der Waals surface area (Å²) in [5, 5.41) is 20.5. The van der Waals surface area contributed by atoms with Crippen LogP contribution in [0.5, 0.6) is 11.5 Å². The fourth-order valence-corrected chi connectivity index (χ4v) is 2.57. The summed E-state index contributed by atoms with van der Waals surface area (Å²) in [6.07, 6.45) is 0. The fourth-order valence-electron chi connectivity index (χ4n) is 1.75. The zero-order valence-corrected chi connectivity index (χ0v) is 11.3. The van der Waals surface area contributed by atoms with Crippen LogP contribution in [0.15, 0.2) is 0 Å². The van der Waals surface area contributed by atoms with Crippen molar-refractivity contribution >= 4 is 23.2 Å². The maximum absolute atomic E-state index is 9.91. The molecule has 0 aliphatic rings. The van der Waals surface area contributed by atoms with Gasteiger partial charge in [-0.1, -0.05) is 50.9 Å². The Labute approximate surface area is 106 Å². The third-order valence-corrected chi connectivity index (χ3v) is 3.44. The highest BCUT2D eigenvalue weighted by molar-refractivity contribution is 6.43. The Morgan fingerprint density at radius 2 is 1.00 bits per heavy atom. The standard InChI is InChI=1S/C12H16Cl2O2/c1-5(2)7-9(13)10(14)8(6(3)4)12(16)11(7)15/h5-6,15-16H,1-4H3. The van der Waals surface area contributed by atoms with Crippen molar-refractivity contribution in [2.45, 2.75) is 39.5 Å². The Morgan fingerprint density at radius 1 is 0.750 bits per heavy atom. The molecule has 0 saturated carbocycles. The number of hydrogen-bond donors (Lipinski definition) is 2. The van der Waals surface area contributed by atoms with Gasteiger partial charge in [0, 0.05) is 11.1 Å². The average Bonchev–Trinajstić information content (AvgIpc) is 2.14. The number of halogens is 2. The summed E-state index contributed by atoms with van der Waals surface area (Å²) in [4.78, 5) is 0. The Hall–Kier alpha value is -0.600. The van der Waals surface area contributed by atoms with Crippen LogP contribution in [0, 0.1) is 0 Å². The number of rotatable bonds is 2.